The number of hydrogen-bond acceptors (Lipinski definition) is 4. The Labute approximate surface area is 190 Å². The highest BCUT2D eigenvalue weighted by Crippen LogP contribution is 2.33. The highest BCUT2D eigenvalue weighted by molar-refractivity contribution is 7.91. The first-order chi connectivity index (χ1) is 15.2. The van der Waals surface area contributed by atoms with Crippen LogP contribution in [0.5, 0.6) is 0 Å². The van der Waals surface area contributed by atoms with Gasteiger partial charge in [0, 0.05) is 27.2 Å². The molecule has 0 unspecified atom stereocenters. The van der Waals surface area contributed by atoms with Gasteiger partial charge in [0.25, 0.3) is 0 Å². The largest absolute Gasteiger partial charge is 0.377 e. The second-order valence-electron chi connectivity index (χ2n) is 8.74. The fraction of sp³-hybridized carbons (Fsp3) is 0.308. The van der Waals surface area contributed by atoms with Crippen LogP contribution in [-0.4, -0.2) is 47.6 Å². The summed E-state index contributed by atoms with van der Waals surface area (Å²) in [6, 6.07) is 17.3. The Morgan fingerprint density at radius 3 is 1.97 bits per heavy atom. The Bertz CT molecular complexity index is 1200. The molecule has 0 bridgehead atoms. The van der Waals surface area contributed by atoms with Gasteiger partial charge in [-0.25, -0.2) is 12.8 Å². The van der Waals surface area contributed by atoms with Gasteiger partial charge in [-0.3, -0.25) is 0 Å². The number of halogens is 1. The Morgan fingerprint density at radius 2 is 1.41 bits per heavy atom. The van der Waals surface area contributed by atoms with Crippen molar-refractivity contribution in [1.29, 1.82) is 0 Å². The molecule has 3 aromatic carbocycles. The minimum Gasteiger partial charge on any atom is -0.377 e. The summed E-state index contributed by atoms with van der Waals surface area (Å²) >= 11 is 0. The third-order valence-corrected chi connectivity index (χ3v) is 7.93. The Kier molecular flexibility index (Phi) is 6.35. The van der Waals surface area contributed by atoms with Gasteiger partial charge in [0.15, 0.2) is 0 Å². The van der Waals surface area contributed by atoms with E-state index in [9.17, 15) is 12.8 Å². The van der Waals surface area contributed by atoms with E-state index in [4.69, 9.17) is 0 Å². The van der Waals surface area contributed by atoms with E-state index in [-0.39, 0.29) is 10.7 Å². The van der Waals surface area contributed by atoms with E-state index >= 15 is 0 Å². The predicted molar refractivity (Wildman–Crippen MR) is 127 cm³/mol. The first-order valence-corrected chi connectivity index (χ1v) is 12.3. The molecule has 0 amide bonds. The summed E-state index contributed by atoms with van der Waals surface area (Å²) in [5.74, 6) is -0.265. The normalized spacial score (nSPS) is 14.6. The molecular formula is C26H29FN2O2S. The summed E-state index contributed by atoms with van der Waals surface area (Å²) in [5.41, 5.74) is 5.03. The Balaban J connectivity index is 1.67. The zero-order valence-electron chi connectivity index (χ0n) is 18.8. The third-order valence-electron chi connectivity index (χ3n) is 6.13. The number of benzene rings is 3. The van der Waals surface area contributed by atoms with Crippen LogP contribution in [0.4, 0.5) is 10.1 Å². The summed E-state index contributed by atoms with van der Waals surface area (Å²) in [6.07, 6.45) is 2.39. The molecule has 0 fully saturated rings. The summed E-state index contributed by atoms with van der Waals surface area (Å²) in [4.78, 5) is 4.81. The minimum atomic E-state index is -3.67. The van der Waals surface area contributed by atoms with Gasteiger partial charge in [0.2, 0.25) is 9.84 Å². The monoisotopic (exact) mass is 452 g/mol. The molecule has 4 nitrogen and oxygen atoms in total. The zero-order chi connectivity index (χ0) is 22.9. The Hall–Kier alpha value is -2.70. The lowest BCUT2D eigenvalue weighted by Gasteiger charge is -2.21. The molecule has 168 valence electrons. The van der Waals surface area contributed by atoms with Crippen molar-refractivity contribution in [3.05, 3.63) is 88.7 Å². The van der Waals surface area contributed by atoms with E-state index in [0.29, 0.717) is 11.3 Å². The minimum absolute atomic E-state index is 0.265. The van der Waals surface area contributed by atoms with Crippen molar-refractivity contribution in [3.63, 3.8) is 0 Å². The summed E-state index contributed by atoms with van der Waals surface area (Å²) < 4.78 is 40.4. The number of sulfone groups is 1. The average Bonchev–Trinajstić information content (AvgIpc) is 2.96. The summed E-state index contributed by atoms with van der Waals surface area (Å²) in [7, 11) is 2.20. The SMILES string of the molecule is CN1CCc2cc(N(C)C)c(S(=O)(=O)c3ccc(Cc4ccc(F)cc4)cc3)cc2CC1. The van der Waals surface area contributed by atoms with Crippen LogP contribution in [0.1, 0.15) is 22.3 Å². The standard InChI is InChI=1S/C26H29FN2O2S/c1-28(2)25-17-21-12-14-29(3)15-13-22(21)18-26(25)32(30,31)24-10-6-20(7-11-24)16-19-4-8-23(27)9-5-19/h4-11,17-18H,12-16H2,1-3H3. The molecule has 0 spiro atoms. The first kappa shape index (κ1) is 22.5. The molecule has 0 radical (unpaired) electrons. The molecule has 3 aromatic rings. The maximum Gasteiger partial charge on any atom is 0.208 e. The Morgan fingerprint density at radius 1 is 0.875 bits per heavy atom. The third kappa shape index (κ3) is 4.71. The van der Waals surface area contributed by atoms with Gasteiger partial charge in [-0.2, -0.15) is 0 Å². The fourth-order valence-corrected chi connectivity index (χ4v) is 5.73. The lowest BCUT2D eigenvalue weighted by atomic mass is 10.0. The highest BCUT2D eigenvalue weighted by atomic mass is 32.2. The smallest absolute Gasteiger partial charge is 0.208 e. The second kappa shape index (κ2) is 9.04. The molecule has 0 saturated heterocycles. The van der Waals surface area contributed by atoms with E-state index in [0.717, 1.165) is 48.3 Å². The van der Waals surface area contributed by atoms with Crippen molar-refractivity contribution in [2.24, 2.45) is 0 Å². The number of anilines is 1. The van der Waals surface area contributed by atoms with Gasteiger partial charge in [0.1, 0.15) is 5.82 Å². The van der Waals surface area contributed by atoms with Crippen molar-refractivity contribution in [1.82, 2.24) is 4.90 Å². The number of rotatable bonds is 5. The molecule has 0 aliphatic carbocycles. The van der Waals surface area contributed by atoms with E-state index in [1.807, 2.05) is 43.3 Å². The molecule has 6 heteroatoms. The van der Waals surface area contributed by atoms with Crippen LogP contribution < -0.4 is 4.90 Å². The van der Waals surface area contributed by atoms with E-state index in [2.05, 4.69) is 11.9 Å². The molecule has 1 aliphatic rings. The fourth-order valence-electron chi connectivity index (χ4n) is 4.17. The molecule has 1 aliphatic heterocycles. The van der Waals surface area contributed by atoms with Gasteiger partial charge >= 0.3 is 0 Å². The molecule has 4 rings (SSSR count). The van der Waals surface area contributed by atoms with Crippen LogP contribution in [0.15, 0.2) is 70.5 Å². The van der Waals surface area contributed by atoms with Crippen LogP contribution in [0, 0.1) is 5.82 Å². The number of fused-ring (bicyclic) bond motifs is 1. The summed E-state index contributed by atoms with van der Waals surface area (Å²) in [5, 5.41) is 0. The second-order valence-corrected chi connectivity index (χ2v) is 10.7. The van der Waals surface area contributed by atoms with Crippen molar-refractivity contribution in [2.75, 3.05) is 39.1 Å². The van der Waals surface area contributed by atoms with Crippen molar-refractivity contribution in [3.8, 4) is 0 Å². The zero-order valence-corrected chi connectivity index (χ0v) is 19.6. The molecule has 32 heavy (non-hydrogen) atoms. The number of likely N-dealkylation sites (N-methyl/N-ethyl adjacent to an activating group) is 1. The topological polar surface area (TPSA) is 40.6 Å². The van der Waals surface area contributed by atoms with Crippen LogP contribution in [0.25, 0.3) is 0 Å². The maximum absolute atomic E-state index is 13.6. The lowest BCUT2D eigenvalue weighted by Crippen LogP contribution is -2.20. The van der Waals surface area contributed by atoms with Crippen LogP contribution >= 0.6 is 0 Å². The van der Waals surface area contributed by atoms with E-state index < -0.39 is 9.84 Å². The number of hydrogen-bond donors (Lipinski definition) is 0. The van der Waals surface area contributed by atoms with Gasteiger partial charge in [-0.1, -0.05) is 24.3 Å². The average molecular weight is 453 g/mol. The summed E-state index contributed by atoms with van der Waals surface area (Å²) in [6.45, 7) is 1.90. The number of nitrogens with zero attached hydrogens (tertiary/aromatic N) is 2. The van der Waals surface area contributed by atoms with Crippen LogP contribution in [-0.2, 0) is 29.1 Å². The lowest BCUT2D eigenvalue weighted by molar-refractivity contribution is 0.352. The highest BCUT2D eigenvalue weighted by Gasteiger charge is 2.25. The molecule has 0 N–H and O–H groups in total. The van der Waals surface area contributed by atoms with Gasteiger partial charge in [0.05, 0.1) is 15.5 Å². The molecule has 0 aromatic heterocycles. The molecular weight excluding hydrogens is 423 g/mol. The van der Waals surface area contributed by atoms with E-state index in [1.54, 1.807) is 24.3 Å². The van der Waals surface area contributed by atoms with Crippen molar-refractivity contribution in [2.45, 2.75) is 29.1 Å². The van der Waals surface area contributed by atoms with Crippen LogP contribution in [0.3, 0.4) is 0 Å². The van der Waals surface area contributed by atoms with Gasteiger partial charge < -0.3 is 9.80 Å². The maximum atomic E-state index is 13.6. The van der Waals surface area contributed by atoms with Gasteiger partial charge in [-0.05, 0) is 85.0 Å². The molecule has 0 atom stereocenters. The van der Waals surface area contributed by atoms with E-state index in [1.165, 1.54) is 17.7 Å². The van der Waals surface area contributed by atoms with Crippen molar-refractivity contribution >= 4 is 15.5 Å². The predicted octanol–water partition coefficient (Wildman–Crippen LogP) is 4.35. The first-order valence-electron chi connectivity index (χ1n) is 10.8. The molecule has 1 heterocycles. The van der Waals surface area contributed by atoms with Crippen LogP contribution in [0.2, 0.25) is 0 Å². The van der Waals surface area contributed by atoms with Gasteiger partial charge in [-0.15, -0.1) is 0 Å². The quantitative estimate of drug-likeness (QED) is 0.577. The van der Waals surface area contributed by atoms with Crippen molar-refractivity contribution < 1.29 is 12.8 Å². The molecule has 0 saturated carbocycles.